The Hall–Kier alpha value is -1.56. The van der Waals surface area contributed by atoms with E-state index in [4.69, 9.17) is 0 Å². The molecule has 0 fully saturated rings. The highest BCUT2D eigenvalue weighted by molar-refractivity contribution is 5.47. The van der Waals surface area contributed by atoms with E-state index in [0.29, 0.717) is 0 Å². The standard InChI is InChI=1S/C9H10.C5H8/c1-2-6-9-7-4-3-5-8-9;1-4-5(2)3/h2-8H,1H3;4H,1-2H2,3H3. The maximum Gasteiger partial charge on any atom is -0.0260 e. The lowest BCUT2D eigenvalue weighted by molar-refractivity contribution is 1.58. The maximum atomic E-state index is 3.56. The van der Waals surface area contributed by atoms with Crippen molar-refractivity contribution < 1.29 is 0 Å². The molecule has 0 aliphatic heterocycles. The minimum Gasteiger partial charge on any atom is -0.0988 e. The highest BCUT2D eigenvalue weighted by Crippen LogP contribution is 1.99. The summed E-state index contributed by atoms with van der Waals surface area (Å²) in [5.41, 5.74) is 2.28. The van der Waals surface area contributed by atoms with Gasteiger partial charge < -0.3 is 0 Å². The summed E-state index contributed by atoms with van der Waals surface area (Å²) in [5, 5.41) is 0. The molecule has 0 N–H and O–H groups in total. The lowest BCUT2D eigenvalue weighted by Gasteiger charge is -1.86. The smallest absolute Gasteiger partial charge is 0.0260 e. The summed E-state index contributed by atoms with van der Waals surface area (Å²) >= 11 is 0. The van der Waals surface area contributed by atoms with Crippen molar-refractivity contribution in [2.45, 2.75) is 13.8 Å². The van der Waals surface area contributed by atoms with Gasteiger partial charge in [-0.25, -0.2) is 0 Å². The third-order valence-electron chi connectivity index (χ3n) is 1.51. The predicted octanol–water partition coefficient (Wildman–Crippen LogP) is 4.47. The molecule has 0 saturated heterocycles. The van der Waals surface area contributed by atoms with Gasteiger partial charge in [-0.1, -0.05) is 67.3 Å². The molecule has 0 unspecified atom stereocenters. The van der Waals surface area contributed by atoms with Crippen molar-refractivity contribution in [3.05, 3.63) is 66.8 Å². The lowest BCUT2D eigenvalue weighted by Crippen LogP contribution is -1.65. The van der Waals surface area contributed by atoms with Crippen molar-refractivity contribution in [2.24, 2.45) is 0 Å². The first kappa shape index (κ1) is 12.4. The molecule has 0 saturated carbocycles. The van der Waals surface area contributed by atoms with Crippen LogP contribution in [0.2, 0.25) is 0 Å². The molecule has 74 valence electrons. The highest BCUT2D eigenvalue weighted by Gasteiger charge is 1.77. The fourth-order valence-corrected chi connectivity index (χ4v) is 0.757. The van der Waals surface area contributed by atoms with Crippen LogP contribution in [-0.4, -0.2) is 0 Å². The number of rotatable bonds is 2. The van der Waals surface area contributed by atoms with Gasteiger partial charge in [-0.15, -0.1) is 0 Å². The first-order valence-corrected chi connectivity index (χ1v) is 4.66. The number of benzene rings is 1. The summed E-state index contributed by atoms with van der Waals surface area (Å²) < 4.78 is 0. The van der Waals surface area contributed by atoms with Gasteiger partial charge in [0.25, 0.3) is 0 Å². The zero-order chi connectivity index (χ0) is 10.8. The van der Waals surface area contributed by atoms with Crippen LogP contribution in [0, 0.1) is 0 Å². The summed E-state index contributed by atoms with van der Waals surface area (Å²) in [7, 11) is 0. The number of hydrogen-bond acceptors (Lipinski definition) is 0. The molecule has 1 rings (SSSR count). The summed E-state index contributed by atoms with van der Waals surface area (Å²) in [6.07, 6.45) is 5.84. The van der Waals surface area contributed by atoms with Crippen LogP contribution in [0.15, 0.2) is 61.2 Å². The van der Waals surface area contributed by atoms with Gasteiger partial charge in [-0.2, -0.15) is 0 Å². The van der Waals surface area contributed by atoms with E-state index >= 15 is 0 Å². The molecule has 0 aliphatic carbocycles. The molecule has 0 nitrogen and oxygen atoms in total. The van der Waals surface area contributed by atoms with E-state index in [1.807, 2.05) is 38.1 Å². The molecule has 14 heavy (non-hydrogen) atoms. The van der Waals surface area contributed by atoms with Crippen molar-refractivity contribution in [1.29, 1.82) is 0 Å². The van der Waals surface area contributed by atoms with Gasteiger partial charge in [0.1, 0.15) is 0 Å². The zero-order valence-electron chi connectivity index (χ0n) is 9.03. The van der Waals surface area contributed by atoms with Crippen LogP contribution in [-0.2, 0) is 0 Å². The average Bonchev–Trinajstić information content (AvgIpc) is 2.21. The summed E-state index contributed by atoms with van der Waals surface area (Å²) in [5.74, 6) is 0. The van der Waals surface area contributed by atoms with E-state index in [1.54, 1.807) is 6.08 Å². The number of hydrogen-bond donors (Lipinski definition) is 0. The fraction of sp³-hybridized carbons (Fsp3) is 0.143. The van der Waals surface area contributed by atoms with Crippen molar-refractivity contribution in [3.8, 4) is 0 Å². The molecule has 0 radical (unpaired) electrons. The van der Waals surface area contributed by atoms with Crippen LogP contribution < -0.4 is 0 Å². The van der Waals surface area contributed by atoms with Gasteiger partial charge in [0.15, 0.2) is 0 Å². The van der Waals surface area contributed by atoms with Crippen LogP contribution in [0.25, 0.3) is 6.08 Å². The molecular formula is C14H18. The maximum absolute atomic E-state index is 3.56. The minimum atomic E-state index is 1.02. The Bertz CT molecular complexity index is 291. The van der Waals surface area contributed by atoms with E-state index in [9.17, 15) is 0 Å². The van der Waals surface area contributed by atoms with Crippen molar-refractivity contribution in [2.75, 3.05) is 0 Å². The molecular weight excluding hydrogens is 168 g/mol. The molecule has 0 amide bonds. The molecule has 0 aliphatic rings. The average molecular weight is 186 g/mol. The van der Waals surface area contributed by atoms with Gasteiger partial charge in [-0.3, -0.25) is 0 Å². The van der Waals surface area contributed by atoms with E-state index in [1.165, 1.54) is 5.56 Å². The molecule has 0 bridgehead atoms. The van der Waals surface area contributed by atoms with E-state index in [2.05, 4.69) is 31.4 Å². The zero-order valence-corrected chi connectivity index (χ0v) is 9.03. The molecule has 0 spiro atoms. The number of allylic oxidation sites excluding steroid dienone is 3. The second-order valence-electron chi connectivity index (χ2n) is 2.96. The van der Waals surface area contributed by atoms with Crippen molar-refractivity contribution >= 4 is 6.08 Å². The Morgan fingerprint density at radius 2 is 1.71 bits per heavy atom. The Morgan fingerprint density at radius 3 is 2.07 bits per heavy atom. The molecule has 1 aromatic rings. The second-order valence-corrected chi connectivity index (χ2v) is 2.96. The van der Waals surface area contributed by atoms with Gasteiger partial charge >= 0.3 is 0 Å². The third kappa shape index (κ3) is 7.11. The Balaban J connectivity index is 0.000000292. The fourth-order valence-electron chi connectivity index (χ4n) is 0.757. The SMILES string of the molecule is C=CC(=C)C.CC=Cc1ccccc1. The van der Waals surface area contributed by atoms with Crippen LogP contribution in [0.4, 0.5) is 0 Å². The van der Waals surface area contributed by atoms with Gasteiger partial charge in [-0.05, 0) is 19.4 Å². The first-order valence-electron chi connectivity index (χ1n) is 4.66. The largest absolute Gasteiger partial charge is 0.0988 e. The van der Waals surface area contributed by atoms with Crippen LogP contribution in [0.5, 0.6) is 0 Å². The second kappa shape index (κ2) is 8.06. The Kier molecular flexibility index (Phi) is 7.16. The monoisotopic (exact) mass is 186 g/mol. The minimum absolute atomic E-state index is 1.02. The van der Waals surface area contributed by atoms with Crippen LogP contribution >= 0.6 is 0 Å². The summed E-state index contributed by atoms with van der Waals surface area (Å²) in [6, 6.07) is 10.3. The Morgan fingerprint density at radius 1 is 1.21 bits per heavy atom. The van der Waals surface area contributed by atoms with Crippen molar-refractivity contribution in [3.63, 3.8) is 0 Å². The normalized spacial score (nSPS) is 9.00. The van der Waals surface area contributed by atoms with Gasteiger partial charge in [0.05, 0.1) is 0 Å². The third-order valence-corrected chi connectivity index (χ3v) is 1.51. The summed E-state index contributed by atoms with van der Waals surface area (Å²) in [4.78, 5) is 0. The predicted molar refractivity (Wildman–Crippen MR) is 66.2 cm³/mol. The molecule has 0 heteroatoms. The van der Waals surface area contributed by atoms with Gasteiger partial charge in [0, 0.05) is 0 Å². The quantitative estimate of drug-likeness (QED) is 0.598. The van der Waals surface area contributed by atoms with E-state index in [-0.39, 0.29) is 0 Å². The molecule has 0 atom stereocenters. The van der Waals surface area contributed by atoms with Crippen LogP contribution in [0.3, 0.4) is 0 Å². The lowest BCUT2D eigenvalue weighted by atomic mass is 10.2. The van der Waals surface area contributed by atoms with Crippen LogP contribution in [0.1, 0.15) is 19.4 Å². The highest BCUT2D eigenvalue weighted by atomic mass is 13.8. The van der Waals surface area contributed by atoms with E-state index in [0.717, 1.165) is 5.57 Å². The molecule has 1 aromatic carbocycles. The molecule has 0 aromatic heterocycles. The van der Waals surface area contributed by atoms with Crippen molar-refractivity contribution in [1.82, 2.24) is 0 Å². The van der Waals surface area contributed by atoms with E-state index < -0.39 is 0 Å². The van der Waals surface area contributed by atoms with Gasteiger partial charge in [0.2, 0.25) is 0 Å². The summed E-state index contributed by atoms with van der Waals surface area (Å²) in [6.45, 7) is 10.9. The molecule has 0 heterocycles. The first-order chi connectivity index (χ1) is 6.70. The Labute approximate surface area is 87.3 Å². The topological polar surface area (TPSA) is 0 Å².